The van der Waals surface area contributed by atoms with E-state index < -0.39 is 6.10 Å². The van der Waals surface area contributed by atoms with Crippen molar-refractivity contribution in [2.75, 3.05) is 36.5 Å². The molecule has 96 valence electrons. The van der Waals surface area contributed by atoms with Crippen LogP contribution < -0.4 is 10.2 Å². The standard InChI is InChI=1S/C11H14BrN5O/c1-2-14-10-9(12)11(16-7-15-10)17-3-4-18-8(5-13)6-17/h7-8H,2-4,6H2,1H3,(H,14,15,16). The Morgan fingerprint density at radius 2 is 2.50 bits per heavy atom. The molecule has 0 aromatic carbocycles. The zero-order valence-electron chi connectivity index (χ0n) is 10.1. The zero-order chi connectivity index (χ0) is 13.0. The minimum absolute atomic E-state index is 0.400. The van der Waals surface area contributed by atoms with E-state index in [0.717, 1.165) is 29.2 Å². The van der Waals surface area contributed by atoms with Gasteiger partial charge >= 0.3 is 0 Å². The molecule has 1 N–H and O–H groups in total. The molecule has 2 heterocycles. The van der Waals surface area contributed by atoms with Crippen molar-refractivity contribution in [2.24, 2.45) is 0 Å². The van der Waals surface area contributed by atoms with E-state index in [1.165, 1.54) is 6.33 Å². The van der Waals surface area contributed by atoms with Crippen LogP contribution in [0.25, 0.3) is 0 Å². The first-order valence-electron chi connectivity index (χ1n) is 5.76. The van der Waals surface area contributed by atoms with Gasteiger partial charge in [-0.3, -0.25) is 0 Å². The van der Waals surface area contributed by atoms with Gasteiger partial charge in [0.05, 0.1) is 19.2 Å². The summed E-state index contributed by atoms with van der Waals surface area (Å²) in [6, 6.07) is 2.12. The van der Waals surface area contributed by atoms with Gasteiger partial charge in [-0.2, -0.15) is 5.26 Å². The lowest BCUT2D eigenvalue weighted by Gasteiger charge is -2.31. The minimum atomic E-state index is -0.400. The topological polar surface area (TPSA) is 74.1 Å². The van der Waals surface area contributed by atoms with Crippen molar-refractivity contribution in [3.05, 3.63) is 10.8 Å². The molecule has 1 fully saturated rings. The molecule has 0 aliphatic carbocycles. The molecule has 1 aliphatic rings. The number of ether oxygens (including phenoxy) is 1. The van der Waals surface area contributed by atoms with Crippen molar-refractivity contribution in [2.45, 2.75) is 13.0 Å². The van der Waals surface area contributed by atoms with Crippen molar-refractivity contribution < 1.29 is 4.74 Å². The second-order valence-corrected chi connectivity index (χ2v) is 4.62. The molecule has 2 rings (SSSR count). The quantitative estimate of drug-likeness (QED) is 0.909. The van der Waals surface area contributed by atoms with Gasteiger partial charge in [-0.15, -0.1) is 0 Å². The van der Waals surface area contributed by atoms with Gasteiger partial charge in [0.2, 0.25) is 0 Å². The van der Waals surface area contributed by atoms with E-state index in [0.29, 0.717) is 13.2 Å². The highest BCUT2D eigenvalue weighted by molar-refractivity contribution is 9.10. The van der Waals surface area contributed by atoms with E-state index in [1.54, 1.807) is 0 Å². The van der Waals surface area contributed by atoms with E-state index in [-0.39, 0.29) is 0 Å². The second kappa shape index (κ2) is 5.98. The Morgan fingerprint density at radius 3 is 3.22 bits per heavy atom. The van der Waals surface area contributed by atoms with Crippen LogP contribution in [0.4, 0.5) is 11.6 Å². The van der Waals surface area contributed by atoms with Crippen LogP contribution in [-0.2, 0) is 4.74 Å². The molecule has 1 aromatic rings. The van der Waals surface area contributed by atoms with Gasteiger partial charge in [-0.05, 0) is 22.9 Å². The van der Waals surface area contributed by atoms with Crippen molar-refractivity contribution in [1.82, 2.24) is 9.97 Å². The summed E-state index contributed by atoms with van der Waals surface area (Å²) in [7, 11) is 0. The van der Waals surface area contributed by atoms with E-state index in [4.69, 9.17) is 10.00 Å². The largest absolute Gasteiger partial charge is 0.369 e. The Bertz CT molecular complexity index is 461. The lowest BCUT2D eigenvalue weighted by atomic mass is 10.3. The lowest BCUT2D eigenvalue weighted by Crippen LogP contribution is -2.42. The monoisotopic (exact) mass is 311 g/mol. The van der Waals surface area contributed by atoms with Crippen LogP contribution in [0.2, 0.25) is 0 Å². The Labute approximate surface area is 114 Å². The SMILES string of the molecule is CCNc1ncnc(N2CCOC(C#N)C2)c1Br. The third-order valence-electron chi connectivity index (χ3n) is 2.63. The Morgan fingerprint density at radius 1 is 1.67 bits per heavy atom. The molecule has 0 spiro atoms. The van der Waals surface area contributed by atoms with E-state index >= 15 is 0 Å². The van der Waals surface area contributed by atoms with Crippen molar-refractivity contribution in [1.29, 1.82) is 5.26 Å². The number of halogens is 1. The maximum atomic E-state index is 8.91. The molecular weight excluding hydrogens is 298 g/mol. The van der Waals surface area contributed by atoms with Crippen LogP contribution in [-0.4, -0.2) is 42.3 Å². The first kappa shape index (κ1) is 13.1. The van der Waals surface area contributed by atoms with Crippen LogP contribution in [0.3, 0.4) is 0 Å². The van der Waals surface area contributed by atoms with Gasteiger partial charge in [0, 0.05) is 13.1 Å². The number of hydrogen-bond donors (Lipinski definition) is 1. The lowest BCUT2D eigenvalue weighted by molar-refractivity contribution is 0.0761. The fraction of sp³-hybridized carbons (Fsp3) is 0.545. The molecule has 0 saturated carbocycles. The van der Waals surface area contributed by atoms with Crippen molar-refractivity contribution >= 4 is 27.6 Å². The number of hydrogen-bond acceptors (Lipinski definition) is 6. The van der Waals surface area contributed by atoms with Gasteiger partial charge < -0.3 is 15.0 Å². The summed E-state index contributed by atoms with van der Waals surface area (Å²) in [4.78, 5) is 10.5. The maximum Gasteiger partial charge on any atom is 0.161 e. The number of nitrogens with one attached hydrogen (secondary N) is 1. The molecule has 1 atom stereocenters. The number of morpholine rings is 1. The zero-order valence-corrected chi connectivity index (χ0v) is 11.6. The fourth-order valence-electron chi connectivity index (χ4n) is 1.79. The number of nitriles is 1. The van der Waals surface area contributed by atoms with Crippen molar-refractivity contribution in [3.63, 3.8) is 0 Å². The summed E-state index contributed by atoms with van der Waals surface area (Å²) in [5.74, 6) is 1.56. The second-order valence-electron chi connectivity index (χ2n) is 3.82. The highest BCUT2D eigenvalue weighted by Gasteiger charge is 2.23. The summed E-state index contributed by atoms with van der Waals surface area (Å²) in [5, 5.41) is 12.1. The summed E-state index contributed by atoms with van der Waals surface area (Å²) in [6.07, 6.45) is 1.12. The van der Waals surface area contributed by atoms with Crippen LogP contribution in [0.1, 0.15) is 6.92 Å². The molecule has 0 bridgehead atoms. The van der Waals surface area contributed by atoms with E-state index in [9.17, 15) is 0 Å². The Balaban J connectivity index is 2.22. The number of anilines is 2. The fourth-order valence-corrected chi connectivity index (χ4v) is 2.39. The molecule has 1 aliphatic heterocycles. The predicted octanol–water partition coefficient (Wildman–Crippen LogP) is 1.40. The molecule has 18 heavy (non-hydrogen) atoms. The molecule has 1 unspecified atom stereocenters. The van der Waals surface area contributed by atoms with E-state index in [2.05, 4.69) is 37.3 Å². The maximum absolute atomic E-state index is 8.91. The van der Waals surface area contributed by atoms with Crippen LogP contribution in [0, 0.1) is 11.3 Å². The van der Waals surface area contributed by atoms with Crippen molar-refractivity contribution in [3.8, 4) is 6.07 Å². The average Bonchev–Trinajstić information content (AvgIpc) is 2.41. The highest BCUT2D eigenvalue weighted by atomic mass is 79.9. The van der Waals surface area contributed by atoms with Gasteiger partial charge in [0.25, 0.3) is 0 Å². The molecule has 1 saturated heterocycles. The van der Waals surface area contributed by atoms with Gasteiger partial charge in [-0.1, -0.05) is 0 Å². The Hall–Kier alpha value is -1.39. The van der Waals surface area contributed by atoms with Gasteiger partial charge in [0.1, 0.15) is 22.4 Å². The predicted molar refractivity (Wildman–Crippen MR) is 71.5 cm³/mol. The third-order valence-corrected chi connectivity index (χ3v) is 3.36. The Kier molecular flexibility index (Phi) is 4.33. The molecule has 7 heteroatoms. The summed E-state index contributed by atoms with van der Waals surface area (Å²) in [6.45, 7) is 4.58. The number of aromatic nitrogens is 2. The summed E-state index contributed by atoms with van der Waals surface area (Å²) in [5.41, 5.74) is 0. The normalized spacial score (nSPS) is 19.4. The third kappa shape index (κ3) is 2.71. The first-order valence-corrected chi connectivity index (χ1v) is 6.56. The van der Waals surface area contributed by atoms with E-state index in [1.807, 2.05) is 11.8 Å². The molecule has 0 amide bonds. The summed E-state index contributed by atoms with van der Waals surface area (Å²) >= 11 is 3.51. The number of nitrogens with zero attached hydrogens (tertiary/aromatic N) is 4. The highest BCUT2D eigenvalue weighted by Crippen LogP contribution is 2.30. The molecular formula is C11H14BrN5O. The van der Waals surface area contributed by atoms with Gasteiger partial charge in [-0.25, -0.2) is 9.97 Å². The number of rotatable bonds is 3. The molecule has 0 radical (unpaired) electrons. The minimum Gasteiger partial charge on any atom is -0.369 e. The van der Waals surface area contributed by atoms with Crippen LogP contribution in [0.15, 0.2) is 10.8 Å². The smallest absolute Gasteiger partial charge is 0.161 e. The first-order chi connectivity index (χ1) is 8.76. The molecule has 1 aromatic heterocycles. The van der Waals surface area contributed by atoms with Gasteiger partial charge in [0.15, 0.2) is 6.10 Å². The summed E-state index contributed by atoms with van der Waals surface area (Å²) < 4.78 is 6.14. The average molecular weight is 312 g/mol. The van der Waals surface area contributed by atoms with Crippen LogP contribution >= 0.6 is 15.9 Å². The molecule has 6 nitrogen and oxygen atoms in total. The van der Waals surface area contributed by atoms with Crippen LogP contribution in [0.5, 0.6) is 0 Å².